The molecule has 2 aliphatic rings. The third-order valence-electron chi connectivity index (χ3n) is 4.97. The molecule has 2 unspecified atom stereocenters. The van der Waals surface area contributed by atoms with E-state index in [4.69, 9.17) is 9.47 Å². The predicted molar refractivity (Wildman–Crippen MR) is 86.3 cm³/mol. The van der Waals surface area contributed by atoms with E-state index >= 15 is 0 Å². The molecule has 4 nitrogen and oxygen atoms in total. The van der Waals surface area contributed by atoms with Crippen molar-refractivity contribution < 1.29 is 19.1 Å². The van der Waals surface area contributed by atoms with Crippen molar-refractivity contribution >= 4 is 11.9 Å². The Kier molecular flexibility index (Phi) is 3.74. The van der Waals surface area contributed by atoms with Crippen LogP contribution < -0.4 is 0 Å². The lowest BCUT2D eigenvalue weighted by Crippen LogP contribution is -2.24. The highest BCUT2D eigenvalue weighted by atomic mass is 16.6. The van der Waals surface area contributed by atoms with E-state index < -0.39 is 5.60 Å². The predicted octanol–water partition coefficient (Wildman–Crippen LogP) is 3.41. The molecule has 1 saturated carbocycles. The van der Waals surface area contributed by atoms with Crippen molar-refractivity contribution in [3.63, 3.8) is 0 Å². The van der Waals surface area contributed by atoms with Gasteiger partial charge >= 0.3 is 11.9 Å². The summed E-state index contributed by atoms with van der Waals surface area (Å²) in [7, 11) is 1.40. The molecule has 0 bridgehead atoms. The van der Waals surface area contributed by atoms with Gasteiger partial charge in [-0.15, -0.1) is 0 Å². The summed E-state index contributed by atoms with van der Waals surface area (Å²) in [6.45, 7) is 5.67. The molecule has 23 heavy (non-hydrogen) atoms. The van der Waals surface area contributed by atoms with Crippen LogP contribution in [0.1, 0.15) is 61.5 Å². The SMILES string of the molecule is COC(=O)c1ccc2c(c1)C1(CC2)CC1CC(=O)OC(C)(C)C. The first-order chi connectivity index (χ1) is 10.7. The van der Waals surface area contributed by atoms with Gasteiger partial charge in [-0.25, -0.2) is 4.79 Å². The maximum atomic E-state index is 12.1. The van der Waals surface area contributed by atoms with Gasteiger partial charge in [0.1, 0.15) is 5.60 Å². The first-order valence-electron chi connectivity index (χ1n) is 8.19. The fourth-order valence-electron chi connectivity index (χ4n) is 3.86. The molecule has 0 saturated heterocycles. The number of hydrogen-bond acceptors (Lipinski definition) is 4. The summed E-state index contributed by atoms with van der Waals surface area (Å²) in [5.41, 5.74) is 2.75. The van der Waals surface area contributed by atoms with E-state index in [1.165, 1.54) is 18.2 Å². The largest absolute Gasteiger partial charge is 0.465 e. The van der Waals surface area contributed by atoms with E-state index in [-0.39, 0.29) is 17.4 Å². The zero-order valence-corrected chi connectivity index (χ0v) is 14.3. The molecule has 0 radical (unpaired) electrons. The van der Waals surface area contributed by atoms with E-state index in [0.29, 0.717) is 17.9 Å². The Morgan fingerprint density at radius 1 is 1.30 bits per heavy atom. The number of rotatable bonds is 3. The Hall–Kier alpha value is -1.84. The van der Waals surface area contributed by atoms with Crippen molar-refractivity contribution in [3.05, 3.63) is 34.9 Å². The highest BCUT2D eigenvalue weighted by Crippen LogP contribution is 2.63. The summed E-state index contributed by atoms with van der Waals surface area (Å²) >= 11 is 0. The maximum Gasteiger partial charge on any atom is 0.337 e. The summed E-state index contributed by atoms with van der Waals surface area (Å²) in [4.78, 5) is 23.9. The van der Waals surface area contributed by atoms with Crippen molar-refractivity contribution in [1.82, 2.24) is 0 Å². The monoisotopic (exact) mass is 316 g/mol. The lowest BCUT2D eigenvalue weighted by molar-refractivity contribution is -0.155. The van der Waals surface area contributed by atoms with Gasteiger partial charge in [-0.3, -0.25) is 4.79 Å². The molecule has 124 valence electrons. The number of fused-ring (bicyclic) bond motifs is 2. The first-order valence-corrected chi connectivity index (χ1v) is 8.19. The number of carbonyl (C=O) groups excluding carboxylic acids is 2. The van der Waals surface area contributed by atoms with Crippen LogP contribution in [0.15, 0.2) is 18.2 Å². The van der Waals surface area contributed by atoms with E-state index in [1.807, 2.05) is 39.0 Å². The van der Waals surface area contributed by atoms with Crippen LogP contribution in [-0.4, -0.2) is 24.6 Å². The van der Waals surface area contributed by atoms with Gasteiger partial charge in [0.15, 0.2) is 0 Å². The van der Waals surface area contributed by atoms with Gasteiger partial charge in [-0.2, -0.15) is 0 Å². The minimum absolute atomic E-state index is 0.0657. The van der Waals surface area contributed by atoms with Gasteiger partial charge in [0, 0.05) is 6.42 Å². The normalized spacial score (nSPS) is 25.1. The average Bonchev–Trinajstić information content (AvgIpc) is 3.02. The van der Waals surface area contributed by atoms with Gasteiger partial charge in [0.05, 0.1) is 12.7 Å². The first kappa shape index (κ1) is 16.0. The highest BCUT2D eigenvalue weighted by Gasteiger charge is 2.58. The van der Waals surface area contributed by atoms with Crippen LogP contribution in [0.5, 0.6) is 0 Å². The molecule has 0 N–H and O–H groups in total. The summed E-state index contributed by atoms with van der Waals surface area (Å²) < 4.78 is 10.3. The fraction of sp³-hybridized carbons (Fsp3) is 0.579. The Bertz CT molecular complexity index is 656. The minimum atomic E-state index is -0.440. The second-order valence-corrected chi connectivity index (χ2v) is 7.71. The molecule has 3 rings (SSSR count). The Morgan fingerprint density at radius 2 is 2.04 bits per heavy atom. The van der Waals surface area contributed by atoms with Crippen molar-refractivity contribution in [2.75, 3.05) is 7.11 Å². The molecule has 0 amide bonds. The zero-order valence-electron chi connectivity index (χ0n) is 14.3. The number of esters is 2. The molecule has 1 aromatic rings. The van der Waals surface area contributed by atoms with Crippen molar-refractivity contribution in [3.8, 4) is 0 Å². The second kappa shape index (κ2) is 5.36. The lowest BCUT2D eigenvalue weighted by Gasteiger charge is -2.20. The van der Waals surface area contributed by atoms with Crippen molar-refractivity contribution in [2.24, 2.45) is 5.92 Å². The second-order valence-electron chi connectivity index (χ2n) is 7.71. The van der Waals surface area contributed by atoms with E-state index in [0.717, 1.165) is 19.3 Å². The van der Waals surface area contributed by atoms with E-state index in [9.17, 15) is 9.59 Å². The molecule has 0 aliphatic heterocycles. The zero-order chi connectivity index (χ0) is 16.8. The van der Waals surface area contributed by atoms with Crippen LogP contribution in [0.4, 0.5) is 0 Å². The fourth-order valence-corrected chi connectivity index (χ4v) is 3.86. The smallest absolute Gasteiger partial charge is 0.337 e. The number of benzene rings is 1. The third kappa shape index (κ3) is 2.99. The molecule has 0 aromatic heterocycles. The van der Waals surface area contributed by atoms with Crippen LogP contribution in [0.3, 0.4) is 0 Å². The molecule has 1 fully saturated rings. The molecular weight excluding hydrogens is 292 g/mol. The lowest BCUT2D eigenvalue weighted by atomic mass is 9.93. The van der Waals surface area contributed by atoms with Gasteiger partial charge < -0.3 is 9.47 Å². The summed E-state index contributed by atoms with van der Waals surface area (Å²) in [6, 6.07) is 5.82. The average molecular weight is 316 g/mol. The topological polar surface area (TPSA) is 52.6 Å². The molecule has 1 spiro atoms. The molecular formula is C19H24O4. The van der Waals surface area contributed by atoms with E-state index in [1.54, 1.807) is 0 Å². The summed E-state index contributed by atoms with van der Waals surface area (Å²) in [5.74, 6) is -0.109. The minimum Gasteiger partial charge on any atom is -0.465 e. The number of carbonyl (C=O) groups is 2. The van der Waals surface area contributed by atoms with E-state index in [2.05, 4.69) is 0 Å². The maximum absolute atomic E-state index is 12.1. The molecule has 4 heteroatoms. The van der Waals surface area contributed by atoms with Gasteiger partial charge in [-0.1, -0.05) is 6.07 Å². The molecule has 2 atom stereocenters. The summed E-state index contributed by atoms with van der Waals surface area (Å²) in [6.07, 6.45) is 3.53. The van der Waals surface area contributed by atoms with Crippen LogP contribution in [0.25, 0.3) is 0 Å². The van der Waals surface area contributed by atoms with Crippen LogP contribution in [0, 0.1) is 5.92 Å². The van der Waals surface area contributed by atoms with Crippen molar-refractivity contribution in [1.29, 1.82) is 0 Å². The van der Waals surface area contributed by atoms with Crippen molar-refractivity contribution in [2.45, 2.75) is 57.5 Å². The highest BCUT2D eigenvalue weighted by molar-refractivity contribution is 5.90. The number of aryl methyl sites for hydroxylation is 1. The Morgan fingerprint density at radius 3 is 2.70 bits per heavy atom. The van der Waals surface area contributed by atoms with Crippen LogP contribution >= 0.6 is 0 Å². The Balaban J connectivity index is 1.75. The van der Waals surface area contributed by atoms with Gasteiger partial charge in [0.25, 0.3) is 0 Å². The Labute approximate surface area is 137 Å². The quantitative estimate of drug-likeness (QED) is 0.802. The molecule has 1 aromatic carbocycles. The van der Waals surface area contributed by atoms with Gasteiger partial charge in [-0.05, 0) is 74.6 Å². The molecule has 0 heterocycles. The number of methoxy groups -OCH3 is 1. The molecule has 2 aliphatic carbocycles. The summed E-state index contributed by atoms with van der Waals surface area (Å²) in [5, 5.41) is 0. The number of ether oxygens (including phenoxy) is 2. The standard InChI is InChI=1S/C19H24O4/c1-18(2,3)23-16(20)10-14-11-19(14)8-7-12-5-6-13(9-15(12)19)17(21)22-4/h5-6,9,14H,7-8,10-11H2,1-4H3. The third-order valence-corrected chi connectivity index (χ3v) is 4.97. The van der Waals surface area contributed by atoms with Crippen LogP contribution in [0.2, 0.25) is 0 Å². The van der Waals surface area contributed by atoms with Gasteiger partial charge in [0.2, 0.25) is 0 Å². The number of hydrogen-bond donors (Lipinski definition) is 0. The van der Waals surface area contributed by atoms with Crippen LogP contribution in [-0.2, 0) is 26.1 Å².